The van der Waals surface area contributed by atoms with E-state index in [2.05, 4.69) is 17.4 Å². The summed E-state index contributed by atoms with van der Waals surface area (Å²) in [6.07, 6.45) is 9.06. The molecule has 4 aliphatic rings. The van der Waals surface area contributed by atoms with Crippen molar-refractivity contribution in [2.75, 3.05) is 17.1 Å². The van der Waals surface area contributed by atoms with Crippen LogP contribution in [0.3, 0.4) is 0 Å². The summed E-state index contributed by atoms with van der Waals surface area (Å²) in [4.78, 5) is 29.9. The van der Waals surface area contributed by atoms with Gasteiger partial charge >= 0.3 is 0 Å². The molecule has 256 valence electrons. The maximum absolute atomic E-state index is 14.5. The van der Waals surface area contributed by atoms with Crippen molar-refractivity contribution in [2.45, 2.75) is 89.3 Å². The van der Waals surface area contributed by atoms with Crippen molar-refractivity contribution in [1.82, 2.24) is 10.2 Å². The molecule has 3 aromatic carbocycles. The van der Waals surface area contributed by atoms with Crippen LogP contribution >= 0.6 is 11.6 Å². The number of amides is 2. The van der Waals surface area contributed by atoms with Crippen LogP contribution in [0.5, 0.6) is 0 Å². The minimum atomic E-state index is -3.86. The summed E-state index contributed by atoms with van der Waals surface area (Å²) >= 11 is 6.58. The normalized spacial score (nSPS) is 23.8. The number of sulfonamides is 1. The van der Waals surface area contributed by atoms with E-state index in [0.29, 0.717) is 16.3 Å². The number of hydrogen-bond acceptors (Lipinski definition) is 4. The van der Waals surface area contributed by atoms with E-state index < -0.39 is 34.1 Å². The summed E-state index contributed by atoms with van der Waals surface area (Å²) in [6, 6.07) is 23.7. The van der Waals surface area contributed by atoms with Gasteiger partial charge in [0.1, 0.15) is 12.6 Å². The van der Waals surface area contributed by atoms with E-state index >= 15 is 0 Å². The van der Waals surface area contributed by atoms with E-state index in [0.717, 1.165) is 29.6 Å². The number of nitrogens with zero attached hydrogens (tertiary/aromatic N) is 2. The predicted molar refractivity (Wildman–Crippen MR) is 192 cm³/mol. The smallest absolute Gasteiger partial charge is 0.244 e. The number of carbonyl (C=O) groups excluding carboxylic acids is 2. The fraction of sp³-hybridized carbons (Fsp3) is 0.487. The van der Waals surface area contributed by atoms with Gasteiger partial charge in [-0.05, 0) is 117 Å². The van der Waals surface area contributed by atoms with Gasteiger partial charge in [0.05, 0.1) is 11.9 Å². The van der Waals surface area contributed by atoms with Gasteiger partial charge < -0.3 is 10.2 Å². The molecule has 4 aliphatic carbocycles. The lowest BCUT2D eigenvalue weighted by Crippen LogP contribution is -2.56. The predicted octanol–water partition coefficient (Wildman–Crippen LogP) is 7.13. The Morgan fingerprint density at radius 2 is 1.44 bits per heavy atom. The number of nitrogens with one attached hydrogen (secondary N) is 1. The van der Waals surface area contributed by atoms with Crippen LogP contribution in [-0.4, -0.2) is 49.5 Å². The molecule has 1 atom stereocenters. The van der Waals surface area contributed by atoms with Gasteiger partial charge in [0.2, 0.25) is 21.8 Å². The van der Waals surface area contributed by atoms with Crippen LogP contribution in [0.4, 0.5) is 5.69 Å². The third-order valence-electron chi connectivity index (χ3n) is 10.6. The fourth-order valence-electron chi connectivity index (χ4n) is 8.88. The van der Waals surface area contributed by atoms with Crippen LogP contribution in [0.25, 0.3) is 0 Å². The molecule has 48 heavy (non-hydrogen) atoms. The zero-order chi connectivity index (χ0) is 34.3. The van der Waals surface area contributed by atoms with Crippen LogP contribution in [-0.2, 0) is 38.0 Å². The van der Waals surface area contributed by atoms with Crippen molar-refractivity contribution in [1.29, 1.82) is 0 Å². The van der Waals surface area contributed by atoms with Gasteiger partial charge in [-0.1, -0.05) is 72.3 Å². The number of anilines is 1. The largest absolute Gasteiger partial charge is 0.350 e. The first kappa shape index (κ1) is 34.5. The molecular weight excluding hydrogens is 642 g/mol. The third kappa shape index (κ3) is 7.76. The molecule has 4 saturated carbocycles. The number of hydrogen-bond donors (Lipinski definition) is 1. The molecule has 3 aromatic rings. The highest BCUT2D eigenvalue weighted by molar-refractivity contribution is 7.92. The van der Waals surface area contributed by atoms with E-state index in [1.165, 1.54) is 53.3 Å². The first-order valence-electron chi connectivity index (χ1n) is 17.2. The van der Waals surface area contributed by atoms with Gasteiger partial charge in [0.15, 0.2) is 0 Å². The van der Waals surface area contributed by atoms with E-state index in [-0.39, 0.29) is 24.3 Å². The molecule has 7 rings (SSSR count). The molecule has 0 radical (unpaired) electrons. The van der Waals surface area contributed by atoms with Crippen LogP contribution in [0.15, 0.2) is 78.9 Å². The summed E-state index contributed by atoms with van der Waals surface area (Å²) < 4.78 is 27.9. The Kier molecular flexibility index (Phi) is 9.71. The molecular formula is C39H48ClN3O4S. The highest BCUT2D eigenvalue weighted by Crippen LogP contribution is 2.60. The molecule has 4 bridgehead atoms. The van der Waals surface area contributed by atoms with Crippen LogP contribution in [0.2, 0.25) is 5.02 Å². The van der Waals surface area contributed by atoms with E-state index in [1.54, 1.807) is 6.07 Å². The zero-order valence-corrected chi connectivity index (χ0v) is 30.1. The van der Waals surface area contributed by atoms with Crippen LogP contribution in [0.1, 0.15) is 76.0 Å². The average molecular weight is 690 g/mol. The molecule has 0 spiro atoms. The lowest BCUT2D eigenvalue weighted by molar-refractivity contribution is -0.140. The van der Waals surface area contributed by atoms with Crippen LogP contribution < -0.4 is 9.62 Å². The van der Waals surface area contributed by atoms with Crippen molar-refractivity contribution >= 4 is 39.1 Å². The second kappa shape index (κ2) is 13.5. The number of halogens is 1. The second-order valence-corrected chi connectivity index (χ2v) is 17.9. The lowest BCUT2D eigenvalue weighted by atomic mass is 9.48. The molecule has 0 unspecified atom stereocenters. The molecule has 0 heterocycles. The fourth-order valence-corrected chi connectivity index (χ4v) is 9.92. The SMILES string of the molecule is CC(C)(C)NC(=O)[C@H](Cc1ccccc1)N(Cc1ccccc1Cl)C(=O)CN(c1ccc(C23CC4CC(CC(C4)C2)C3)cc1)S(C)(=O)=O. The highest BCUT2D eigenvalue weighted by atomic mass is 35.5. The maximum atomic E-state index is 14.5. The summed E-state index contributed by atoms with van der Waals surface area (Å²) in [5.74, 6) is 1.58. The van der Waals surface area contributed by atoms with Gasteiger partial charge in [0.25, 0.3) is 0 Å². The molecule has 7 nitrogen and oxygen atoms in total. The number of benzene rings is 3. The average Bonchev–Trinajstić information content (AvgIpc) is 3.01. The summed E-state index contributed by atoms with van der Waals surface area (Å²) in [6.45, 7) is 5.26. The molecule has 0 aromatic heterocycles. The quantitative estimate of drug-likeness (QED) is 0.232. The van der Waals surface area contributed by atoms with Gasteiger partial charge in [-0.25, -0.2) is 8.42 Å². The van der Waals surface area contributed by atoms with Crippen molar-refractivity contribution in [2.24, 2.45) is 17.8 Å². The minimum absolute atomic E-state index is 0.0378. The minimum Gasteiger partial charge on any atom is -0.350 e. The first-order valence-corrected chi connectivity index (χ1v) is 19.4. The van der Waals surface area contributed by atoms with E-state index in [4.69, 9.17) is 11.6 Å². The summed E-state index contributed by atoms with van der Waals surface area (Å²) in [5.41, 5.74) is 2.89. The Morgan fingerprint density at radius 3 is 1.98 bits per heavy atom. The van der Waals surface area contributed by atoms with Gasteiger partial charge in [-0.3, -0.25) is 13.9 Å². The molecule has 9 heteroatoms. The molecule has 0 aliphatic heterocycles. The third-order valence-corrected chi connectivity index (χ3v) is 12.1. The Bertz CT molecular complexity index is 1700. The topological polar surface area (TPSA) is 86.8 Å². The van der Waals surface area contributed by atoms with Crippen molar-refractivity contribution in [3.05, 3.63) is 101 Å². The number of rotatable bonds is 11. The lowest BCUT2D eigenvalue weighted by Gasteiger charge is -2.57. The Balaban J connectivity index is 1.32. The monoisotopic (exact) mass is 689 g/mol. The van der Waals surface area contributed by atoms with Gasteiger partial charge in [-0.2, -0.15) is 0 Å². The first-order chi connectivity index (χ1) is 22.7. The zero-order valence-electron chi connectivity index (χ0n) is 28.5. The Hall–Kier alpha value is -3.36. The molecule has 0 saturated heterocycles. The van der Waals surface area contributed by atoms with Crippen molar-refractivity contribution < 1.29 is 18.0 Å². The second-order valence-electron chi connectivity index (χ2n) is 15.6. The van der Waals surface area contributed by atoms with Crippen molar-refractivity contribution in [3.63, 3.8) is 0 Å². The van der Waals surface area contributed by atoms with Gasteiger partial charge in [0, 0.05) is 23.5 Å². The summed E-state index contributed by atoms with van der Waals surface area (Å²) in [5, 5.41) is 3.52. The maximum Gasteiger partial charge on any atom is 0.244 e. The van der Waals surface area contributed by atoms with Crippen LogP contribution in [0, 0.1) is 17.8 Å². The molecule has 4 fully saturated rings. The Labute approximate surface area is 291 Å². The standard InChI is InChI=1S/C39H48ClN3O4S/c1-38(2,3)41-37(45)35(21-27-10-6-5-7-11-27)42(25-31-12-8-9-13-34(31)40)36(44)26-43(48(4,46)47)33-16-14-32(15-17-33)39-22-28-18-29(23-39)20-30(19-28)24-39/h5-17,28-30,35H,18-26H2,1-4H3,(H,41,45)/t28?,29?,30?,35-,39?/m0/s1. The van der Waals surface area contributed by atoms with Gasteiger partial charge in [-0.15, -0.1) is 0 Å². The van der Waals surface area contributed by atoms with Crippen molar-refractivity contribution in [3.8, 4) is 0 Å². The number of carbonyl (C=O) groups is 2. The molecule has 1 N–H and O–H groups in total. The van der Waals surface area contributed by atoms with E-state index in [1.807, 2.05) is 81.4 Å². The summed E-state index contributed by atoms with van der Waals surface area (Å²) in [7, 11) is -3.86. The van der Waals surface area contributed by atoms with E-state index in [9.17, 15) is 18.0 Å². The Morgan fingerprint density at radius 1 is 0.875 bits per heavy atom. The highest BCUT2D eigenvalue weighted by Gasteiger charge is 2.51. The molecule has 2 amide bonds.